The van der Waals surface area contributed by atoms with Crippen LogP contribution in [0.1, 0.15) is 26.7 Å². The first-order chi connectivity index (χ1) is 7.30. The number of nitrogens with two attached hydrogens (primary N) is 1. The molecule has 0 amide bonds. The second kappa shape index (κ2) is 4.73. The van der Waals surface area contributed by atoms with E-state index in [0.29, 0.717) is 6.61 Å². The molecule has 5 nitrogen and oxygen atoms in total. The topological polar surface area (TPSA) is 81.4 Å². The van der Waals surface area contributed by atoms with Gasteiger partial charge in [0.15, 0.2) is 9.84 Å². The van der Waals surface area contributed by atoms with E-state index in [-0.39, 0.29) is 0 Å². The van der Waals surface area contributed by atoms with Gasteiger partial charge in [0.1, 0.15) is 0 Å². The molecule has 1 aliphatic heterocycles. The third-order valence-corrected chi connectivity index (χ3v) is 5.30. The van der Waals surface area contributed by atoms with Crippen LogP contribution >= 0.6 is 0 Å². The Morgan fingerprint density at radius 3 is 2.56 bits per heavy atom. The van der Waals surface area contributed by atoms with Gasteiger partial charge in [0.2, 0.25) is 0 Å². The molecule has 1 rings (SSSR count). The van der Waals surface area contributed by atoms with Crippen molar-refractivity contribution >= 4 is 9.84 Å². The van der Waals surface area contributed by atoms with Crippen molar-refractivity contribution in [3.63, 3.8) is 0 Å². The highest BCUT2D eigenvalue weighted by Gasteiger charge is 2.40. The molecule has 0 saturated carbocycles. The van der Waals surface area contributed by atoms with Gasteiger partial charge in [0.05, 0.1) is 23.7 Å². The number of hydrazine groups is 1. The van der Waals surface area contributed by atoms with Crippen LogP contribution in [0.25, 0.3) is 0 Å². The van der Waals surface area contributed by atoms with Gasteiger partial charge in [-0.3, -0.25) is 11.3 Å². The Balaban J connectivity index is 3.02. The van der Waals surface area contributed by atoms with Crippen molar-refractivity contribution in [2.24, 2.45) is 5.84 Å². The van der Waals surface area contributed by atoms with Crippen LogP contribution in [0.15, 0.2) is 11.8 Å². The summed E-state index contributed by atoms with van der Waals surface area (Å²) in [5.74, 6) is 5.48. The molecule has 0 saturated heterocycles. The van der Waals surface area contributed by atoms with E-state index >= 15 is 0 Å². The van der Waals surface area contributed by atoms with E-state index in [1.165, 1.54) is 6.26 Å². The largest absolute Gasteiger partial charge is 0.501 e. The SMILES string of the molecule is CC(C)(C(NN)C1=COCCC1)S(C)(=O)=O. The van der Waals surface area contributed by atoms with E-state index in [2.05, 4.69) is 5.43 Å². The maximum Gasteiger partial charge on any atom is 0.154 e. The molecule has 0 radical (unpaired) electrons. The van der Waals surface area contributed by atoms with Crippen molar-refractivity contribution in [1.82, 2.24) is 5.43 Å². The van der Waals surface area contributed by atoms with Gasteiger partial charge < -0.3 is 4.74 Å². The van der Waals surface area contributed by atoms with Crippen LogP contribution in [0.3, 0.4) is 0 Å². The van der Waals surface area contributed by atoms with Crippen molar-refractivity contribution < 1.29 is 13.2 Å². The lowest BCUT2D eigenvalue weighted by Crippen LogP contribution is -2.55. The van der Waals surface area contributed by atoms with Gasteiger partial charge in [-0.2, -0.15) is 0 Å². The van der Waals surface area contributed by atoms with Crippen LogP contribution in [0.5, 0.6) is 0 Å². The fraction of sp³-hybridized carbons (Fsp3) is 0.800. The van der Waals surface area contributed by atoms with Crippen LogP contribution in [-0.2, 0) is 14.6 Å². The molecule has 6 heteroatoms. The van der Waals surface area contributed by atoms with Gasteiger partial charge >= 0.3 is 0 Å². The Morgan fingerprint density at radius 2 is 2.19 bits per heavy atom. The fourth-order valence-corrected chi connectivity index (χ4v) is 2.41. The molecule has 1 atom stereocenters. The molecule has 1 unspecified atom stereocenters. The number of nitrogens with one attached hydrogen (secondary N) is 1. The molecule has 16 heavy (non-hydrogen) atoms. The highest BCUT2D eigenvalue weighted by molar-refractivity contribution is 7.92. The first-order valence-electron chi connectivity index (χ1n) is 5.27. The van der Waals surface area contributed by atoms with Gasteiger partial charge in [-0.25, -0.2) is 8.42 Å². The standard InChI is InChI=1S/C10H20N2O3S/c1-10(2,16(3,13)14)9(12-11)8-5-4-6-15-7-8/h7,9,12H,4-6,11H2,1-3H3. The van der Waals surface area contributed by atoms with Crippen LogP contribution in [0.4, 0.5) is 0 Å². The average Bonchev–Trinajstić information content (AvgIpc) is 2.18. The van der Waals surface area contributed by atoms with E-state index in [1.54, 1.807) is 20.1 Å². The molecule has 0 spiro atoms. The minimum Gasteiger partial charge on any atom is -0.501 e. The maximum atomic E-state index is 11.7. The Hall–Kier alpha value is -0.590. The highest BCUT2D eigenvalue weighted by atomic mass is 32.2. The normalized spacial score (nSPS) is 19.9. The minimum atomic E-state index is -3.20. The first-order valence-corrected chi connectivity index (χ1v) is 7.16. The molecule has 0 aliphatic carbocycles. The fourth-order valence-electron chi connectivity index (χ4n) is 1.77. The zero-order valence-electron chi connectivity index (χ0n) is 9.99. The lowest BCUT2D eigenvalue weighted by Gasteiger charge is -2.34. The van der Waals surface area contributed by atoms with Gasteiger partial charge in [0, 0.05) is 6.26 Å². The van der Waals surface area contributed by atoms with Gasteiger partial charge in [-0.05, 0) is 32.3 Å². The summed E-state index contributed by atoms with van der Waals surface area (Å²) in [6, 6.07) is -0.414. The lowest BCUT2D eigenvalue weighted by molar-refractivity contribution is 0.216. The number of ether oxygens (including phenoxy) is 1. The number of rotatable bonds is 4. The van der Waals surface area contributed by atoms with Crippen molar-refractivity contribution in [3.8, 4) is 0 Å². The van der Waals surface area contributed by atoms with E-state index < -0.39 is 20.6 Å². The number of sulfone groups is 1. The summed E-state index contributed by atoms with van der Waals surface area (Å²) >= 11 is 0. The summed E-state index contributed by atoms with van der Waals surface area (Å²) < 4.78 is 27.7. The second-order valence-electron chi connectivity index (χ2n) is 4.64. The van der Waals surface area contributed by atoms with E-state index in [9.17, 15) is 8.42 Å². The Labute approximate surface area is 96.9 Å². The highest BCUT2D eigenvalue weighted by Crippen LogP contribution is 2.28. The Morgan fingerprint density at radius 1 is 1.56 bits per heavy atom. The number of hydrogen-bond acceptors (Lipinski definition) is 5. The summed E-state index contributed by atoms with van der Waals surface area (Å²) in [6.07, 6.45) is 4.56. The maximum absolute atomic E-state index is 11.7. The summed E-state index contributed by atoms with van der Waals surface area (Å²) in [6.45, 7) is 4.02. The van der Waals surface area contributed by atoms with Crippen molar-refractivity contribution in [2.75, 3.05) is 12.9 Å². The van der Waals surface area contributed by atoms with Gasteiger partial charge in [0.25, 0.3) is 0 Å². The first kappa shape index (κ1) is 13.5. The molecule has 1 heterocycles. The minimum absolute atomic E-state index is 0.414. The summed E-state index contributed by atoms with van der Waals surface area (Å²) in [5.41, 5.74) is 3.50. The van der Waals surface area contributed by atoms with Crippen LogP contribution in [0, 0.1) is 0 Å². The third-order valence-electron chi connectivity index (χ3n) is 3.15. The molecule has 0 aromatic rings. The number of hydrogen-bond donors (Lipinski definition) is 2. The Bertz CT molecular complexity index is 374. The summed E-state index contributed by atoms with van der Waals surface area (Å²) in [7, 11) is -3.20. The lowest BCUT2D eigenvalue weighted by atomic mass is 9.92. The van der Waals surface area contributed by atoms with Crippen LogP contribution < -0.4 is 11.3 Å². The summed E-state index contributed by atoms with van der Waals surface area (Å²) in [5, 5.41) is 0. The second-order valence-corrected chi connectivity index (χ2v) is 7.24. The molecule has 0 bridgehead atoms. The monoisotopic (exact) mass is 248 g/mol. The van der Waals surface area contributed by atoms with Crippen molar-refractivity contribution in [1.29, 1.82) is 0 Å². The Kier molecular flexibility index (Phi) is 3.98. The smallest absolute Gasteiger partial charge is 0.154 e. The van der Waals surface area contributed by atoms with Crippen molar-refractivity contribution in [2.45, 2.75) is 37.5 Å². The van der Waals surface area contributed by atoms with E-state index in [4.69, 9.17) is 10.6 Å². The molecule has 1 aliphatic rings. The molecule has 0 aromatic heterocycles. The van der Waals surface area contributed by atoms with Crippen LogP contribution in [0.2, 0.25) is 0 Å². The average molecular weight is 248 g/mol. The van der Waals surface area contributed by atoms with Crippen molar-refractivity contribution in [3.05, 3.63) is 11.8 Å². The molecule has 0 aromatic carbocycles. The molecular weight excluding hydrogens is 228 g/mol. The van der Waals surface area contributed by atoms with Crippen LogP contribution in [-0.4, -0.2) is 32.1 Å². The third kappa shape index (κ3) is 2.56. The zero-order chi connectivity index (χ0) is 12.4. The molecule has 94 valence electrons. The zero-order valence-corrected chi connectivity index (χ0v) is 10.8. The van der Waals surface area contributed by atoms with Gasteiger partial charge in [-0.1, -0.05) is 0 Å². The predicted octanol–water partition coefficient (Wildman–Crippen LogP) is 0.336. The molecule has 3 N–H and O–H groups in total. The summed E-state index contributed by atoms with van der Waals surface area (Å²) in [4.78, 5) is 0. The quantitative estimate of drug-likeness (QED) is 0.554. The molecular formula is C10H20N2O3S. The van der Waals surface area contributed by atoms with E-state index in [1.807, 2.05) is 0 Å². The molecule has 0 fully saturated rings. The van der Waals surface area contributed by atoms with Gasteiger partial charge in [-0.15, -0.1) is 0 Å². The predicted molar refractivity (Wildman–Crippen MR) is 63.3 cm³/mol. The van der Waals surface area contributed by atoms with E-state index in [0.717, 1.165) is 18.4 Å².